The Bertz CT molecular complexity index is 1830. The number of fused-ring (bicyclic) bond motifs is 2. The van der Waals surface area contributed by atoms with Crippen molar-refractivity contribution >= 4 is 21.9 Å². The van der Waals surface area contributed by atoms with Crippen LogP contribution in [0.2, 0.25) is 0 Å². The van der Waals surface area contributed by atoms with Gasteiger partial charge >= 0.3 is 0 Å². The second kappa shape index (κ2) is 7.98. The topological polar surface area (TPSA) is 103 Å². The summed E-state index contributed by atoms with van der Waals surface area (Å²) in [4.78, 5) is 4.18. The molecule has 4 aromatic heterocycles. The van der Waals surface area contributed by atoms with Gasteiger partial charge < -0.3 is 4.42 Å². The number of nitrogens with zero attached hydrogens (tertiary/aromatic N) is 7. The number of aromatic nitrogens is 8. The van der Waals surface area contributed by atoms with Crippen molar-refractivity contribution in [2.24, 2.45) is 0 Å². The Kier molecular flexibility index (Phi) is 4.49. The molecule has 1 N–H and O–H groups in total. The van der Waals surface area contributed by atoms with Crippen molar-refractivity contribution < 1.29 is 8.81 Å². The second-order valence-corrected chi connectivity index (χ2v) is 8.38. The van der Waals surface area contributed by atoms with Crippen LogP contribution in [0.25, 0.3) is 50.3 Å². The average Bonchev–Trinajstić information content (AvgIpc) is 3.71. The average molecular weight is 476 g/mol. The summed E-state index contributed by atoms with van der Waals surface area (Å²) in [6, 6.07) is 18.9. The summed E-state index contributed by atoms with van der Waals surface area (Å²) >= 11 is 0. The third-order valence-electron chi connectivity index (χ3n) is 6.15. The molecule has 0 unspecified atom stereocenters. The van der Waals surface area contributed by atoms with Gasteiger partial charge in [0.2, 0.25) is 5.89 Å². The van der Waals surface area contributed by atoms with Gasteiger partial charge in [-0.25, -0.2) is 14.1 Å². The second-order valence-electron chi connectivity index (χ2n) is 8.38. The summed E-state index contributed by atoms with van der Waals surface area (Å²) in [7, 11) is 0. The Hall–Kier alpha value is -5.12. The van der Waals surface area contributed by atoms with E-state index in [0.717, 1.165) is 33.4 Å². The molecule has 0 bridgehead atoms. The molecule has 0 aliphatic carbocycles. The van der Waals surface area contributed by atoms with E-state index < -0.39 is 5.82 Å². The fourth-order valence-electron chi connectivity index (χ4n) is 4.37. The molecule has 0 amide bonds. The Morgan fingerprint density at radius 2 is 1.86 bits per heavy atom. The summed E-state index contributed by atoms with van der Waals surface area (Å²) < 4.78 is 24.0. The highest BCUT2D eigenvalue weighted by molar-refractivity contribution is 5.85. The van der Waals surface area contributed by atoms with E-state index in [9.17, 15) is 0 Å². The first-order valence-corrected chi connectivity index (χ1v) is 11.2. The van der Waals surface area contributed by atoms with Crippen LogP contribution in [0.15, 0.2) is 89.9 Å². The molecule has 0 saturated carbocycles. The Morgan fingerprint density at radius 1 is 0.944 bits per heavy atom. The molecule has 174 valence electrons. The highest BCUT2D eigenvalue weighted by Crippen LogP contribution is 2.28. The highest BCUT2D eigenvalue weighted by atomic mass is 19.1. The van der Waals surface area contributed by atoms with Crippen molar-refractivity contribution in [2.75, 3.05) is 0 Å². The first-order valence-electron chi connectivity index (χ1n) is 11.2. The normalized spacial score (nSPS) is 11.6. The van der Waals surface area contributed by atoms with Gasteiger partial charge in [-0.2, -0.15) is 10.2 Å². The van der Waals surface area contributed by atoms with E-state index in [4.69, 9.17) is 4.42 Å². The molecule has 9 nitrogen and oxygen atoms in total. The third-order valence-corrected chi connectivity index (χ3v) is 6.15. The van der Waals surface area contributed by atoms with Crippen LogP contribution in [0.5, 0.6) is 0 Å². The SMILES string of the molecule is Fc1cc(-c2ccnn2Cc2ccc(-c3ncco3)cc2)cc2c1nnn2-c1ccc2cn[nH]c2c1. The van der Waals surface area contributed by atoms with Crippen LogP contribution in [-0.4, -0.2) is 40.0 Å². The molecule has 0 spiro atoms. The minimum absolute atomic E-state index is 0.205. The molecule has 10 heteroatoms. The summed E-state index contributed by atoms with van der Waals surface area (Å²) in [6.07, 6.45) is 6.62. The van der Waals surface area contributed by atoms with E-state index >= 15 is 4.39 Å². The van der Waals surface area contributed by atoms with Gasteiger partial charge in [-0.3, -0.25) is 9.78 Å². The smallest absolute Gasteiger partial charge is 0.225 e. The fraction of sp³-hybridized carbons (Fsp3) is 0.0385. The molecule has 36 heavy (non-hydrogen) atoms. The van der Waals surface area contributed by atoms with Crippen molar-refractivity contribution in [3.05, 3.63) is 96.9 Å². The molecular formula is C26H17FN8O. The van der Waals surface area contributed by atoms with E-state index in [1.54, 1.807) is 29.5 Å². The highest BCUT2D eigenvalue weighted by Gasteiger charge is 2.16. The van der Waals surface area contributed by atoms with E-state index in [2.05, 4.69) is 30.6 Å². The third kappa shape index (κ3) is 3.35. The van der Waals surface area contributed by atoms with Crippen molar-refractivity contribution in [1.29, 1.82) is 0 Å². The Balaban J connectivity index is 1.25. The van der Waals surface area contributed by atoms with Gasteiger partial charge in [-0.15, -0.1) is 5.10 Å². The summed E-state index contributed by atoms with van der Waals surface area (Å²) in [5, 5.41) is 20.8. The van der Waals surface area contributed by atoms with Gasteiger partial charge in [-0.05, 0) is 54.1 Å². The van der Waals surface area contributed by atoms with Gasteiger partial charge in [0.05, 0.1) is 41.4 Å². The van der Waals surface area contributed by atoms with Crippen molar-refractivity contribution in [3.8, 4) is 28.4 Å². The quantitative estimate of drug-likeness (QED) is 0.375. The van der Waals surface area contributed by atoms with E-state index in [-0.39, 0.29) is 5.52 Å². The molecule has 0 fully saturated rings. The molecule has 4 heterocycles. The van der Waals surface area contributed by atoms with Crippen LogP contribution in [0.4, 0.5) is 4.39 Å². The zero-order valence-electron chi connectivity index (χ0n) is 18.7. The molecule has 0 aliphatic heterocycles. The van der Waals surface area contributed by atoms with E-state index in [1.165, 1.54) is 6.07 Å². The molecule has 0 saturated heterocycles. The number of benzene rings is 3. The summed E-state index contributed by atoms with van der Waals surface area (Å²) in [5.41, 5.74) is 5.78. The summed E-state index contributed by atoms with van der Waals surface area (Å²) in [6.45, 7) is 0.516. The molecular weight excluding hydrogens is 459 g/mol. The maximum absolute atomic E-state index is 15.1. The van der Waals surface area contributed by atoms with Gasteiger partial charge in [0.25, 0.3) is 0 Å². The standard InChI is InChI=1S/C26H17FN8O/c27-21-11-19(12-24-25(21)32-33-35(24)20-6-5-18-14-29-31-22(18)13-20)23-7-8-30-34(23)15-16-1-3-17(4-2-16)26-28-9-10-36-26/h1-14H,15H2,(H,29,31). The number of rotatable bonds is 5. The Morgan fingerprint density at radius 3 is 2.72 bits per heavy atom. The molecule has 3 aromatic carbocycles. The van der Waals surface area contributed by atoms with Crippen LogP contribution in [0.3, 0.4) is 0 Å². The number of hydrogen-bond donors (Lipinski definition) is 1. The molecule has 7 rings (SSSR count). The lowest BCUT2D eigenvalue weighted by molar-refractivity contribution is 0.574. The van der Waals surface area contributed by atoms with Crippen LogP contribution in [-0.2, 0) is 6.54 Å². The number of H-pyrrole nitrogens is 1. The molecule has 0 aliphatic rings. The van der Waals surface area contributed by atoms with Gasteiger partial charge in [0.1, 0.15) is 11.8 Å². The minimum Gasteiger partial charge on any atom is -0.445 e. The molecule has 0 atom stereocenters. The summed E-state index contributed by atoms with van der Waals surface area (Å²) in [5.74, 6) is 0.126. The molecule has 7 aromatic rings. The number of aromatic amines is 1. The van der Waals surface area contributed by atoms with E-state index in [0.29, 0.717) is 23.5 Å². The predicted octanol–water partition coefficient (Wildman–Crippen LogP) is 5.00. The fourth-order valence-corrected chi connectivity index (χ4v) is 4.37. The van der Waals surface area contributed by atoms with Crippen molar-refractivity contribution in [3.63, 3.8) is 0 Å². The first-order chi connectivity index (χ1) is 17.7. The number of hydrogen-bond acceptors (Lipinski definition) is 6. The van der Waals surface area contributed by atoms with E-state index in [1.807, 2.05) is 59.3 Å². The molecule has 0 radical (unpaired) electrons. The monoisotopic (exact) mass is 476 g/mol. The Labute approximate surface area is 202 Å². The largest absolute Gasteiger partial charge is 0.445 e. The van der Waals surface area contributed by atoms with Crippen LogP contribution >= 0.6 is 0 Å². The van der Waals surface area contributed by atoms with Gasteiger partial charge in [0.15, 0.2) is 5.82 Å². The van der Waals surface area contributed by atoms with Crippen LogP contribution in [0, 0.1) is 5.82 Å². The zero-order chi connectivity index (χ0) is 24.1. The van der Waals surface area contributed by atoms with Crippen LogP contribution < -0.4 is 0 Å². The van der Waals surface area contributed by atoms with Crippen molar-refractivity contribution in [2.45, 2.75) is 6.54 Å². The number of nitrogens with one attached hydrogen (secondary N) is 1. The van der Waals surface area contributed by atoms with Crippen molar-refractivity contribution in [1.82, 2.24) is 40.0 Å². The lowest BCUT2D eigenvalue weighted by Crippen LogP contribution is -2.04. The first kappa shape index (κ1) is 20.3. The zero-order valence-corrected chi connectivity index (χ0v) is 18.7. The lowest BCUT2D eigenvalue weighted by atomic mass is 10.1. The number of oxazole rings is 1. The maximum Gasteiger partial charge on any atom is 0.225 e. The van der Waals surface area contributed by atoms with Crippen LogP contribution in [0.1, 0.15) is 5.56 Å². The van der Waals surface area contributed by atoms with Gasteiger partial charge in [-0.1, -0.05) is 17.3 Å². The number of halogens is 1. The predicted molar refractivity (Wildman–Crippen MR) is 131 cm³/mol. The maximum atomic E-state index is 15.1. The lowest BCUT2D eigenvalue weighted by Gasteiger charge is -2.10. The van der Waals surface area contributed by atoms with Gasteiger partial charge in [0, 0.05) is 22.7 Å². The minimum atomic E-state index is -0.445.